The van der Waals surface area contributed by atoms with Crippen LogP contribution in [0.2, 0.25) is 0 Å². The zero-order valence-electron chi connectivity index (χ0n) is 10.8. The highest BCUT2D eigenvalue weighted by Gasteiger charge is 2.46. The van der Waals surface area contributed by atoms with Gasteiger partial charge in [-0.15, -0.1) is 0 Å². The van der Waals surface area contributed by atoms with Crippen molar-refractivity contribution in [3.05, 3.63) is 35.6 Å². The second kappa shape index (κ2) is 5.15. The Labute approximate surface area is 103 Å². The van der Waals surface area contributed by atoms with Gasteiger partial charge in [-0.2, -0.15) is 0 Å². The van der Waals surface area contributed by atoms with E-state index in [1.54, 1.807) is 18.2 Å². The minimum Gasteiger partial charge on any atom is -0.384 e. The lowest BCUT2D eigenvalue weighted by molar-refractivity contribution is -0.0862. The summed E-state index contributed by atoms with van der Waals surface area (Å²) in [6.07, 6.45) is 1.14. The van der Waals surface area contributed by atoms with Crippen LogP contribution in [0.25, 0.3) is 0 Å². The van der Waals surface area contributed by atoms with Crippen LogP contribution in [0.5, 0.6) is 0 Å². The zero-order valence-corrected chi connectivity index (χ0v) is 10.8. The van der Waals surface area contributed by atoms with E-state index >= 15 is 0 Å². The van der Waals surface area contributed by atoms with Gasteiger partial charge in [-0.3, -0.25) is 0 Å². The second-order valence-corrected chi connectivity index (χ2v) is 4.81. The molecule has 3 heteroatoms. The summed E-state index contributed by atoms with van der Waals surface area (Å²) in [5.74, 6) is -0.370. The quantitative estimate of drug-likeness (QED) is 0.830. The summed E-state index contributed by atoms with van der Waals surface area (Å²) < 4.78 is 13.9. The third kappa shape index (κ3) is 2.22. The van der Waals surface area contributed by atoms with Crippen molar-refractivity contribution < 1.29 is 9.50 Å². The molecule has 0 saturated carbocycles. The van der Waals surface area contributed by atoms with E-state index in [4.69, 9.17) is 5.73 Å². The molecular formula is C14H22FNO. The highest BCUT2D eigenvalue weighted by atomic mass is 19.1. The van der Waals surface area contributed by atoms with Gasteiger partial charge >= 0.3 is 0 Å². The Balaban J connectivity index is 3.35. The van der Waals surface area contributed by atoms with Gasteiger partial charge in [-0.1, -0.05) is 39.0 Å². The molecular weight excluding hydrogens is 217 g/mol. The molecule has 3 N–H and O–H groups in total. The van der Waals surface area contributed by atoms with Crippen LogP contribution in [0.15, 0.2) is 24.3 Å². The molecule has 2 unspecified atom stereocenters. The molecule has 1 rings (SSSR count). The summed E-state index contributed by atoms with van der Waals surface area (Å²) in [5.41, 5.74) is 4.38. The Bertz CT molecular complexity index is 376. The van der Waals surface area contributed by atoms with E-state index in [1.807, 2.05) is 20.8 Å². The van der Waals surface area contributed by atoms with Crippen molar-refractivity contribution >= 4 is 0 Å². The molecule has 0 aliphatic rings. The first kappa shape index (κ1) is 14.1. The van der Waals surface area contributed by atoms with Crippen LogP contribution in [0.3, 0.4) is 0 Å². The average molecular weight is 239 g/mol. The van der Waals surface area contributed by atoms with Gasteiger partial charge in [-0.05, 0) is 18.9 Å². The molecule has 0 radical (unpaired) electrons. The van der Waals surface area contributed by atoms with E-state index in [0.29, 0.717) is 24.9 Å². The topological polar surface area (TPSA) is 46.2 Å². The Morgan fingerprint density at radius 3 is 2.24 bits per heavy atom. The smallest absolute Gasteiger partial charge is 0.129 e. The van der Waals surface area contributed by atoms with Crippen molar-refractivity contribution in [3.63, 3.8) is 0 Å². The second-order valence-electron chi connectivity index (χ2n) is 4.81. The summed E-state index contributed by atoms with van der Waals surface area (Å²) >= 11 is 0. The first-order chi connectivity index (χ1) is 7.95. The van der Waals surface area contributed by atoms with Gasteiger partial charge in [0.05, 0.1) is 5.60 Å². The Hall–Kier alpha value is -0.930. The molecule has 0 saturated heterocycles. The van der Waals surface area contributed by atoms with E-state index in [0.717, 1.165) is 0 Å². The van der Waals surface area contributed by atoms with E-state index in [2.05, 4.69) is 0 Å². The molecule has 0 amide bonds. The van der Waals surface area contributed by atoms with Gasteiger partial charge in [0, 0.05) is 17.5 Å². The standard InChI is InChI=1S/C14H22FNO/c1-4-13(3,10-16)14(17,5-2)11-8-6-7-9-12(11)15/h6-9,17H,4-5,10,16H2,1-3H3. The number of aliphatic hydroxyl groups is 1. The molecule has 1 aromatic rings. The Kier molecular flexibility index (Phi) is 4.28. The van der Waals surface area contributed by atoms with Gasteiger partial charge in [-0.25, -0.2) is 4.39 Å². The van der Waals surface area contributed by atoms with Gasteiger partial charge in [0.25, 0.3) is 0 Å². The van der Waals surface area contributed by atoms with Crippen LogP contribution in [0.1, 0.15) is 39.2 Å². The average Bonchev–Trinajstić information content (AvgIpc) is 2.37. The summed E-state index contributed by atoms with van der Waals surface area (Å²) in [7, 11) is 0. The van der Waals surface area contributed by atoms with Crippen molar-refractivity contribution in [2.45, 2.75) is 39.2 Å². The maximum absolute atomic E-state index is 13.9. The fourth-order valence-electron chi connectivity index (χ4n) is 2.34. The van der Waals surface area contributed by atoms with Gasteiger partial charge in [0.2, 0.25) is 0 Å². The maximum atomic E-state index is 13.9. The molecule has 0 aliphatic carbocycles. The number of nitrogens with two attached hydrogens (primary N) is 1. The van der Waals surface area contributed by atoms with Crippen LogP contribution < -0.4 is 5.73 Å². The van der Waals surface area contributed by atoms with Crippen LogP contribution in [-0.4, -0.2) is 11.7 Å². The lowest BCUT2D eigenvalue weighted by Crippen LogP contribution is -2.48. The predicted octanol–water partition coefficient (Wildman–Crippen LogP) is 2.80. The van der Waals surface area contributed by atoms with Crippen molar-refractivity contribution in [1.29, 1.82) is 0 Å². The van der Waals surface area contributed by atoms with Crippen molar-refractivity contribution in [3.8, 4) is 0 Å². The van der Waals surface area contributed by atoms with E-state index in [-0.39, 0.29) is 5.82 Å². The van der Waals surface area contributed by atoms with Crippen LogP contribution >= 0.6 is 0 Å². The maximum Gasteiger partial charge on any atom is 0.129 e. The largest absolute Gasteiger partial charge is 0.384 e. The SMILES string of the molecule is CCC(C)(CN)C(O)(CC)c1ccccc1F. The monoisotopic (exact) mass is 239 g/mol. The summed E-state index contributed by atoms with van der Waals surface area (Å²) in [6, 6.07) is 6.39. The fraction of sp³-hybridized carbons (Fsp3) is 0.571. The summed E-state index contributed by atoms with van der Waals surface area (Å²) in [4.78, 5) is 0. The molecule has 0 fully saturated rings. The first-order valence-corrected chi connectivity index (χ1v) is 6.12. The molecule has 1 aromatic carbocycles. The molecule has 2 atom stereocenters. The highest BCUT2D eigenvalue weighted by molar-refractivity contribution is 5.27. The van der Waals surface area contributed by atoms with Gasteiger partial charge in [0.15, 0.2) is 0 Å². The number of hydrogen-bond acceptors (Lipinski definition) is 2. The number of halogens is 1. The molecule has 0 aromatic heterocycles. The highest BCUT2D eigenvalue weighted by Crippen LogP contribution is 2.44. The summed E-state index contributed by atoms with van der Waals surface area (Å²) in [5, 5.41) is 10.9. The lowest BCUT2D eigenvalue weighted by atomic mass is 9.66. The minimum atomic E-state index is -1.22. The molecule has 17 heavy (non-hydrogen) atoms. The minimum absolute atomic E-state index is 0.322. The normalized spacial score (nSPS) is 18.5. The molecule has 0 aliphatic heterocycles. The molecule has 96 valence electrons. The van der Waals surface area contributed by atoms with Gasteiger partial charge < -0.3 is 10.8 Å². The van der Waals surface area contributed by atoms with Crippen molar-refractivity contribution in [2.75, 3.05) is 6.54 Å². The third-order valence-electron chi connectivity index (χ3n) is 4.06. The number of rotatable bonds is 5. The number of benzene rings is 1. The zero-order chi connectivity index (χ0) is 13.1. The van der Waals surface area contributed by atoms with Crippen LogP contribution in [0, 0.1) is 11.2 Å². The van der Waals surface area contributed by atoms with Crippen molar-refractivity contribution in [2.24, 2.45) is 11.1 Å². The van der Waals surface area contributed by atoms with Crippen molar-refractivity contribution in [1.82, 2.24) is 0 Å². The van der Waals surface area contributed by atoms with E-state index < -0.39 is 11.0 Å². The van der Waals surface area contributed by atoms with Crippen LogP contribution in [0.4, 0.5) is 4.39 Å². The molecule has 0 spiro atoms. The fourth-order valence-corrected chi connectivity index (χ4v) is 2.34. The molecule has 0 bridgehead atoms. The Morgan fingerprint density at radius 2 is 1.82 bits per heavy atom. The predicted molar refractivity (Wildman–Crippen MR) is 68.0 cm³/mol. The molecule has 2 nitrogen and oxygen atoms in total. The van der Waals surface area contributed by atoms with E-state index in [1.165, 1.54) is 6.07 Å². The Morgan fingerprint density at radius 1 is 1.24 bits per heavy atom. The molecule has 0 heterocycles. The van der Waals surface area contributed by atoms with Gasteiger partial charge in [0.1, 0.15) is 5.82 Å². The third-order valence-corrected chi connectivity index (χ3v) is 4.06. The van der Waals surface area contributed by atoms with E-state index in [9.17, 15) is 9.50 Å². The lowest BCUT2D eigenvalue weighted by Gasteiger charge is -2.44. The summed E-state index contributed by atoms with van der Waals surface area (Å²) in [6.45, 7) is 6.05. The van der Waals surface area contributed by atoms with Crippen LogP contribution in [-0.2, 0) is 5.60 Å². The first-order valence-electron chi connectivity index (χ1n) is 6.12. The number of hydrogen-bond donors (Lipinski definition) is 2.